The molecule has 0 aliphatic carbocycles. The molecule has 1 aromatic heterocycles. The summed E-state index contributed by atoms with van der Waals surface area (Å²) in [5.74, 6) is -2.09. The third kappa shape index (κ3) is 3.71. The summed E-state index contributed by atoms with van der Waals surface area (Å²) >= 11 is 6.06. The number of aromatic nitrogens is 2. The van der Waals surface area contributed by atoms with Gasteiger partial charge in [0.2, 0.25) is 15.9 Å². The lowest BCUT2D eigenvalue weighted by molar-refractivity contribution is 0.236. The SMILES string of the molecule is Cc1ccc(F)c(C(C)[C@@H](c2n[nH]c(=O)o2)N2CCc3ccc(Cl)cc3S2(=O)=O)c1C. The summed E-state index contributed by atoms with van der Waals surface area (Å²) in [6, 6.07) is 6.71. The monoisotopic (exact) mass is 465 g/mol. The molecule has 0 saturated carbocycles. The molecule has 4 rings (SSSR count). The van der Waals surface area contributed by atoms with Crippen LogP contribution in [0.1, 0.15) is 47.0 Å². The summed E-state index contributed by atoms with van der Waals surface area (Å²) in [5.41, 5.74) is 2.56. The minimum absolute atomic E-state index is 0.0859. The van der Waals surface area contributed by atoms with Crippen LogP contribution in [0.15, 0.2) is 44.4 Å². The number of aryl methyl sites for hydroxylation is 1. The summed E-state index contributed by atoms with van der Waals surface area (Å²) < 4.78 is 48.4. The van der Waals surface area contributed by atoms with Gasteiger partial charge in [0, 0.05) is 17.5 Å². The molecule has 2 atom stereocenters. The van der Waals surface area contributed by atoms with E-state index < -0.39 is 33.6 Å². The van der Waals surface area contributed by atoms with Crippen molar-refractivity contribution in [2.24, 2.45) is 0 Å². The van der Waals surface area contributed by atoms with Crippen LogP contribution in [0.25, 0.3) is 0 Å². The van der Waals surface area contributed by atoms with Crippen molar-refractivity contribution in [1.29, 1.82) is 0 Å². The second-order valence-corrected chi connectivity index (χ2v) is 10.0. The van der Waals surface area contributed by atoms with Crippen LogP contribution < -0.4 is 5.76 Å². The topological polar surface area (TPSA) is 96.3 Å². The minimum atomic E-state index is -4.02. The minimum Gasteiger partial charge on any atom is -0.391 e. The molecular weight excluding hydrogens is 445 g/mol. The van der Waals surface area contributed by atoms with Gasteiger partial charge in [-0.15, -0.1) is 5.10 Å². The summed E-state index contributed by atoms with van der Waals surface area (Å²) in [6.45, 7) is 5.45. The number of fused-ring (bicyclic) bond motifs is 1. The van der Waals surface area contributed by atoms with Crippen molar-refractivity contribution in [3.63, 3.8) is 0 Å². The molecule has 2 aromatic carbocycles. The molecule has 0 spiro atoms. The second kappa shape index (κ2) is 7.89. The van der Waals surface area contributed by atoms with E-state index in [-0.39, 0.29) is 17.3 Å². The average Bonchev–Trinajstić information content (AvgIpc) is 3.13. The van der Waals surface area contributed by atoms with Crippen LogP contribution in [0.3, 0.4) is 0 Å². The van der Waals surface area contributed by atoms with Crippen molar-refractivity contribution >= 4 is 21.6 Å². The first-order chi connectivity index (χ1) is 14.6. The van der Waals surface area contributed by atoms with Gasteiger partial charge in [-0.25, -0.2) is 22.7 Å². The molecule has 10 heteroatoms. The third-order valence-electron chi connectivity index (χ3n) is 5.90. The number of aromatic amines is 1. The zero-order valence-corrected chi connectivity index (χ0v) is 18.7. The number of benzene rings is 2. The van der Waals surface area contributed by atoms with E-state index in [1.165, 1.54) is 16.4 Å². The number of halogens is 2. The van der Waals surface area contributed by atoms with E-state index in [0.29, 0.717) is 28.1 Å². The van der Waals surface area contributed by atoms with Crippen molar-refractivity contribution in [3.05, 3.63) is 79.9 Å². The molecule has 1 aliphatic heterocycles. The second-order valence-electron chi connectivity index (χ2n) is 7.71. The summed E-state index contributed by atoms with van der Waals surface area (Å²) in [4.78, 5) is 11.8. The van der Waals surface area contributed by atoms with Crippen LogP contribution >= 0.6 is 11.6 Å². The van der Waals surface area contributed by atoms with Crippen LogP contribution in [-0.2, 0) is 16.4 Å². The van der Waals surface area contributed by atoms with Gasteiger partial charge in [-0.2, -0.15) is 4.31 Å². The largest absolute Gasteiger partial charge is 0.434 e. The van der Waals surface area contributed by atoms with Crippen LogP contribution in [0.4, 0.5) is 4.39 Å². The smallest absolute Gasteiger partial charge is 0.391 e. The van der Waals surface area contributed by atoms with Gasteiger partial charge >= 0.3 is 5.76 Å². The van der Waals surface area contributed by atoms with Crippen molar-refractivity contribution < 1.29 is 17.2 Å². The number of hydrogen-bond donors (Lipinski definition) is 1. The highest BCUT2D eigenvalue weighted by Gasteiger charge is 2.43. The molecule has 7 nitrogen and oxygen atoms in total. The normalized spacial score (nSPS) is 17.8. The summed E-state index contributed by atoms with van der Waals surface area (Å²) in [5, 5.41) is 6.37. The molecule has 1 aliphatic rings. The fourth-order valence-corrected chi connectivity index (χ4v) is 6.39. The number of hydrogen-bond acceptors (Lipinski definition) is 5. The Balaban J connectivity index is 1.90. The molecule has 1 unspecified atom stereocenters. The van der Waals surface area contributed by atoms with Crippen LogP contribution in [-0.4, -0.2) is 29.5 Å². The van der Waals surface area contributed by atoms with Gasteiger partial charge in [-0.05, 0) is 60.7 Å². The van der Waals surface area contributed by atoms with Gasteiger partial charge in [0.1, 0.15) is 11.9 Å². The van der Waals surface area contributed by atoms with E-state index in [1.807, 2.05) is 6.92 Å². The Labute approximate surface area is 183 Å². The van der Waals surface area contributed by atoms with Crippen molar-refractivity contribution in [2.45, 2.75) is 44.0 Å². The molecule has 0 saturated heterocycles. The third-order valence-corrected chi connectivity index (χ3v) is 8.09. The maximum absolute atomic E-state index is 14.9. The Morgan fingerprint density at radius 1 is 1.26 bits per heavy atom. The standard InChI is InChI=1S/C21H21ClFN3O4S/c1-11-4-7-16(23)18(12(11)2)13(3)19(20-24-25-21(27)30-20)26-9-8-14-5-6-15(22)10-17(14)31(26,28)29/h4-7,10,13,19H,8-9H2,1-3H3,(H,25,27)/t13?,19-/m0/s1. The fourth-order valence-electron chi connectivity index (χ4n) is 4.22. The first-order valence-electron chi connectivity index (χ1n) is 9.72. The highest BCUT2D eigenvalue weighted by Crippen LogP contribution is 2.42. The Morgan fingerprint density at radius 2 is 2.00 bits per heavy atom. The van der Waals surface area contributed by atoms with E-state index in [1.54, 1.807) is 32.0 Å². The molecule has 0 fully saturated rings. The highest BCUT2D eigenvalue weighted by molar-refractivity contribution is 7.89. The number of rotatable bonds is 4. The van der Waals surface area contributed by atoms with Gasteiger partial charge in [0.25, 0.3) is 0 Å². The molecule has 0 radical (unpaired) electrons. The van der Waals surface area contributed by atoms with E-state index in [4.69, 9.17) is 16.0 Å². The van der Waals surface area contributed by atoms with Gasteiger partial charge < -0.3 is 4.42 Å². The first kappa shape index (κ1) is 21.7. The van der Waals surface area contributed by atoms with Gasteiger partial charge in [0.15, 0.2) is 0 Å². The summed E-state index contributed by atoms with van der Waals surface area (Å²) in [7, 11) is -4.02. The van der Waals surface area contributed by atoms with E-state index in [2.05, 4.69) is 10.2 Å². The van der Waals surface area contributed by atoms with E-state index in [9.17, 15) is 17.6 Å². The zero-order chi connectivity index (χ0) is 22.5. The fraction of sp³-hybridized carbons (Fsp3) is 0.333. The summed E-state index contributed by atoms with van der Waals surface area (Å²) in [6.07, 6.45) is 0.429. The Kier molecular flexibility index (Phi) is 5.53. The van der Waals surface area contributed by atoms with E-state index in [0.717, 1.165) is 5.56 Å². The van der Waals surface area contributed by atoms with Gasteiger partial charge in [0.05, 0.1) is 4.90 Å². The highest BCUT2D eigenvalue weighted by atomic mass is 35.5. The Morgan fingerprint density at radius 3 is 2.68 bits per heavy atom. The Hall–Kier alpha value is -2.49. The number of H-pyrrole nitrogens is 1. The van der Waals surface area contributed by atoms with Crippen LogP contribution in [0.5, 0.6) is 0 Å². The maximum atomic E-state index is 14.9. The molecular formula is C21H21ClFN3O4S. The van der Waals surface area contributed by atoms with E-state index >= 15 is 0 Å². The predicted octanol–water partition coefficient (Wildman–Crippen LogP) is 3.86. The first-order valence-corrected chi connectivity index (χ1v) is 11.5. The van der Waals surface area contributed by atoms with Gasteiger partial charge in [-0.1, -0.05) is 30.7 Å². The van der Waals surface area contributed by atoms with Crippen LogP contribution in [0.2, 0.25) is 5.02 Å². The zero-order valence-electron chi connectivity index (χ0n) is 17.1. The molecule has 31 heavy (non-hydrogen) atoms. The molecule has 0 bridgehead atoms. The van der Waals surface area contributed by atoms with Crippen LogP contribution in [0, 0.1) is 19.7 Å². The average molecular weight is 466 g/mol. The lowest BCUT2D eigenvalue weighted by Gasteiger charge is -2.36. The molecule has 2 heterocycles. The Bertz CT molecular complexity index is 1320. The lowest BCUT2D eigenvalue weighted by atomic mass is 9.87. The number of nitrogens with zero attached hydrogens (tertiary/aromatic N) is 2. The molecule has 1 N–H and O–H groups in total. The molecule has 164 valence electrons. The van der Waals surface area contributed by atoms with Crippen molar-refractivity contribution in [2.75, 3.05) is 6.54 Å². The number of nitrogens with one attached hydrogen (secondary N) is 1. The molecule has 0 amide bonds. The lowest BCUT2D eigenvalue weighted by Crippen LogP contribution is -2.42. The quantitative estimate of drug-likeness (QED) is 0.631. The number of sulfonamides is 1. The predicted molar refractivity (Wildman–Crippen MR) is 113 cm³/mol. The molecule has 3 aromatic rings. The van der Waals surface area contributed by atoms with Crippen molar-refractivity contribution in [1.82, 2.24) is 14.5 Å². The van der Waals surface area contributed by atoms with Gasteiger partial charge in [-0.3, -0.25) is 0 Å². The van der Waals surface area contributed by atoms with Crippen molar-refractivity contribution in [3.8, 4) is 0 Å². The maximum Gasteiger partial charge on any atom is 0.434 e.